The molecule has 0 spiro atoms. The zero-order valence-corrected chi connectivity index (χ0v) is 12.8. The van der Waals surface area contributed by atoms with Gasteiger partial charge < -0.3 is 26.8 Å². The molecule has 2 heterocycles. The molecule has 116 valence electrons. The second-order valence-electron chi connectivity index (χ2n) is 4.25. The minimum absolute atomic E-state index is 0. The van der Waals surface area contributed by atoms with Crippen molar-refractivity contribution in [2.45, 2.75) is 13.0 Å². The number of hydrogen-bond acceptors (Lipinski definition) is 9. The van der Waals surface area contributed by atoms with Crippen molar-refractivity contribution >= 4 is 47.0 Å². The molecule has 0 fully saturated rings. The molecular formula is C11H19ClN8O. The largest absolute Gasteiger partial charge is 0.392 e. The van der Waals surface area contributed by atoms with Gasteiger partial charge in [-0.25, -0.2) is 9.97 Å². The fraction of sp³-hybridized carbons (Fsp3) is 0.455. The molecule has 2 rings (SSSR count). The Morgan fingerprint density at radius 3 is 2.19 bits per heavy atom. The summed E-state index contributed by atoms with van der Waals surface area (Å²) in [4.78, 5) is 16.9. The van der Waals surface area contributed by atoms with Gasteiger partial charge in [-0.3, -0.25) is 0 Å². The maximum atomic E-state index is 9.30. The monoisotopic (exact) mass is 314 g/mol. The number of aromatic nitrogens is 4. The van der Waals surface area contributed by atoms with Crippen molar-refractivity contribution in [1.29, 1.82) is 0 Å². The third kappa shape index (κ3) is 3.70. The number of nitrogen functional groups attached to an aromatic ring is 1. The zero-order chi connectivity index (χ0) is 14.7. The molecule has 0 saturated heterocycles. The Labute approximate surface area is 128 Å². The molecular weight excluding hydrogens is 296 g/mol. The Morgan fingerprint density at radius 1 is 1.05 bits per heavy atom. The number of aliphatic hydroxyl groups excluding tert-OH is 1. The van der Waals surface area contributed by atoms with Crippen LogP contribution in [0.15, 0.2) is 0 Å². The van der Waals surface area contributed by atoms with Crippen LogP contribution < -0.4 is 21.7 Å². The van der Waals surface area contributed by atoms with Gasteiger partial charge in [-0.05, 0) is 6.92 Å². The molecule has 6 N–H and O–H groups in total. The molecule has 0 aliphatic rings. The van der Waals surface area contributed by atoms with Crippen LogP contribution in [0, 0.1) is 0 Å². The topological polar surface area (TPSA) is 134 Å². The van der Waals surface area contributed by atoms with E-state index in [1.807, 2.05) is 0 Å². The van der Waals surface area contributed by atoms with E-state index in [-0.39, 0.29) is 18.4 Å². The first-order chi connectivity index (χ1) is 9.55. The number of aliphatic hydroxyl groups is 1. The van der Waals surface area contributed by atoms with Crippen molar-refractivity contribution in [3.05, 3.63) is 0 Å². The summed E-state index contributed by atoms with van der Waals surface area (Å²) in [6.07, 6.45) is -0.501. The molecule has 0 aliphatic carbocycles. The van der Waals surface area contributed by atoms with Crippen molar-refractivity contribution in [3.63, 3.8) is 0 Å². The van der Waals surface area contributed by atoms with E-state index in [1.54, 1.807) is 21.0 Å². The smallest absolute Gasteiger partial charge is 0.225 e. The molecule has 1 atom stereocenters. The molecule has 2 aromatic heterocycles. The lowest BCUT2D eigenvalue weighted by Gasteiger charge is -2.12. The number of hydrogen-bond donors (Lipinski definition) is 5. The summed E-state index contributed by atoms with van der Waals surface area (Å²) in [5.41, 5.74) is 6.75. The fourth-order valence-electron chi connectivity index (χ4n) is 1.70. The second-order valence-corrected chi connectivity index (χ2v) is 4.25. The van der Waals surface area contributed by atoms with Gasteiger partial charge in [-0.15, -0.1) is 12.4 Å². The summed E-state index contributed by atoms with van der Waals surface area (Å²) < 4.78 is 0. The van der Waals surface area contributed by atoms with Crippen molar-refractivity contribution in [2.24, 2.45) is 0 Å². The van der Waals surface area contributed by atoms with Gasteiger partial charge >= 0.3 is 0 Å². The van der Waals surface area contributed by atoms with Crippen molar-refractivity contribution < 1.29 is 5.11 Å². The van der Waals surface area contributed by atoms with Crippen molar-refractivity contribution in [3.8, 4) is 0 Å². The highest BCUT2D eigenvalue weighted by Crippen LogP contribution is 2.25. The van der Waals surface area contributed by atoms with Gasteiger partial charge in [0.2, 0.25) is 11.9 Å². The Balaban J connectivity index is 0.00000220. The maximum absolute atomic E-state index is 9.30. The number of nitrogens with one attached hydrogen (secondary N) is 3. The first-order valence-corrected chi connectivity index (χ1v) is 6.17. The van der Waals surface area contributed by atoms with E-state index in [1.165, 1.54) is 0 Å². The van der Waals surface area contributed by atoms with E-state index in [9.17, 15) is 5.11 Å². The zero-order valence-electron chi connectivity index (χ0n) is 12.0. The number of anilines is 4. The van der Waals surface area contributed by atoms with Gasteiger partial charge in [0.15, 0.2) is 11.6 Å². The minimum atomic E-state index is -0.501. The summed E-state index contributed by atoms with van der Waals surface area (Å²) in [6.45, 7) is 2.02. The van der Waals surface area contributed by atoms with Crippen LogP contribution in [-0.2, 0) is 0 Å². The predicted octanol–water partition coefficient (Wildman–Crippen LogP) is 0.300. The lowest BCUT2D eigenvalue weighted by molar-refractivity contribution is 0.208. The number of halogens is 1. The van der Waals surface area contributed by atoms with E-state index in [0.717, 1.165) is 0 Å². The van der Waals surface area contributed by atoms with Gasteiger partial charge in [0.1, 0.15) is 11.0 Å². The van der Waals surface area contributed by atoms with E-state index in [4.69, 9.17) is 5.73 Å². The normalized spacial score (nSPS) is 11.6. The van der Waals surface area contributed by atoms with Crippen LogP contribution in [-0.4, -0.2) is 51.8 Å². The summed E-state index contributed by atoms with van der Waals surface area (Å²) in [7, 11) is 3.46. The third-order valence-corrected chi connectivity index (χ3v) is 2.59. The molecule has 0 unspecified atom stereocenters. The Hall–Kier alpha value is -2.13. The van der Waals surface area contributed by atoms with Crippen LogP contribution in [0.3, 0.4) is 0 Å². The molecule has 0 aromatic carbocycles. The van der Waals surface area contributed by atoms with Crippen LogP contribution in [0.25, 0.3) is 11.0 Å². The fourth-order valence-corrected chi connectivity index (χ4v) is 1.70. The Kier molecular flexibility index (Phi) is 5.68. The SMILES string of the molecule is CNc1nc(NC[C@H](C)O)nc2c(NC)nc(N)nc12.Cl. The van der Waals surface area contributed by atoms with Gasteiger partial charge in [-0.2, -0.15) is 9.97 Å². The van der Waals surface area contributed by atoms with Gasteiger partial charge in [0.05, 0.1) is 6.10 Å². The quantitative estimate of drug-likeness (QED) is 0.528. The van der Waals surface area contributed by atoms with Crippen LogP contribution in [0.2, 0.25) is 0 Å². The number of fused-ring (bicyclic) bond motifs is 1. The highest BCUT2D eigenvalue weighted by atomic mass is 35.5. The van der Waals surface area contributed by atoms with Gasteiger partial charge in [-0.1, -0.05) is 0 Å². The summed E-state index contributed by atoms with van der Waals surface area (Å²) in [5.74, 6) is 1.58. The van der Waals surface area contributed by atoms with Crippen molar-refractivity contribution in [1.82, 2.24) is 19.9 Å². The van der Waals surface area contributed by atoms with E-state index in [0.29, 0.717) is 35.2 Å². The highest BCUT2D eigenvalue weighted by molar-refractivity contribution is 5.94. The molecule has 0 radical (unpaired) electrons. The van der Waals surface area contributed by atoms with E-state index in [2.05, 4.69) is 35.9 Å². The summed E-state index contributed by atoms with van der Waals surface area (Å²) >= 11 is 0. The first-order valence-electron chi connectivity index (χ1n) is 6.17. The van der Waals surface area contributed by atoms with Crippen molar-refractivity contribution in [2.75, 3.05) is 42.3 Å². The molecule has 0 bridgehead atoms. The van der Waals surface area contributed by atoms with Crippen LogP contribution in [0.1, 0.15) is 6.92 Å². The average molecular weight is 315 g/mol. The highest BCUT2D eigenvalue weighted by Gasteiger charge is 2.13. The Bertz CT molecular complexity index is 621. The van der Waals surface area contributed by atoms with Crippen LogP contribution in [0.4, 0.5) is 23.5 Å². The number of nitrogens with two attached hydrogens (primary N) is 1. The molecule has 21 heavy (non-hydrogen) atoms. The van der Waals surface area contributed by atoms with E-state index < -0.39 is 6.10 Å². The van der Waals surface area contributed by atoms with Gasteiger partial charge in [0, 0.05) is 20.6 Å². The summed E-state index contributed by atoms with van der Waals surface area (Å²) in [5, 5.41) is 18.1. The number of rotatable bonds is 5. The molecule has 9 nitrogen and oxygen atoms in total. The second kappa shape index (κ2) is 7.04. The summed E-state index contributed by atoms with van der Waals surface area (Å²) in [6, 6.07) is 0. The molecule has 0 aliphatic heterocycles. The molecule has 0 amide bonds. The van der Waals surface area contributed by atoms with Crippen LogP contribution >= 0.6 is 12.4 Å². The minimum Gasteiger partial charge on any atom is -0.392 e. The number of nitrogens with zero attached hydrogens (tertiary/aromatic N) is 4. The standard InChI is InChI=1S/C11H18N8O.ClH/c1-5(20)4-15-11-17-7-6(9(14-3)19-11)16-10(12)18-8(7)13-2;/h5,20H,4H2,1-3H3,(H3,12,13,16,18)(H2,14,15,17,19);1H/t5-;/m0./s1. The third-order valence-electron chi connectivity index (χ3n) is 2.59. The van der Waals surface area contributed by atoms with Gasteiger partial charge in [0.25, 0.3) is 0 Å². The van der Waals surface area contributed by atoms with E-state index >= 15 is 0 Å². The molecule has 0 saturated carbocycles. The predicted molar refractivity (Wildman–Crippen MR) is 86.1 cm³/mol. The molecule has 2 aromatic rings. The average Bonchev–Trinajstić information content (AvgIpc) is 2.43. The lowest BCUT2D eigenvalue weighted by Crippen LogP contribution is -2.17. The lowest BCUT2D eigenvalue weighted by atomic mass is 10.3. The van der Waals surface area contributed by atoms with Crippen LogP contribution in [0.5, 0.6) is 0 Å². The molecule has 10 heteroatoms. The maximum Gasteiger partial charge on any atom is 0.225 e. The Morgan fingerprint density at radius 2 is 1.62 bits per heavy atom. The first kappa shape index (κ1) is 16.9.